The van der Waals surface area contributed by atoms with Crippen LogP contribution in [0.3, 0.4) is 0 Å². The Labute approximate surface area is 161 Å². The van der Waals surface area contributed by atoms with E-state index >= 15 is 0 Å². The van der Waals surface area contributed by atoms with E-state index in [-0.39, 0.29) is 5.91 Å². The first kappa shape index (κ1) is 20.4. The van der Waals surface area contributed by atoms with Crippen LogP contribution in [-0.2, 0) is 11.2 Å². The molecule has 5 nitrogen and oxygen atoms in total. The maximum atomic E-state index is 11.9. The van der Waals surface area contributed by atoms with Crippen LogP contribution in [0.25, 0.3) is 0 Å². The fourth-order valence-electron chi connectivity index (χ4n) is 2.63. The van der Waals surface area contributed by atoms with Gasteiger partial charge in [-0.05, 0) is 24.8 Å². The van der Waals surface area contributed by atoms with Crippen molar-refractivity contribution in [3.8, 4) is 0 Å². The Morgan fingerprint density at radius 2 is 2.00 bits per heavy atom. The fraction of sp³-hybridized carbons (Fsp3) is 0.550. The van der Waals surface area contributed by atoms with E-state index in [1.165, 1.54) is 22.7 Å². The summed E-state index contributed by atoms with van der Waals surface area (Å²) in [6, 6.07) is 8.48. The molecule has 0 atom stereocenters. The maximum Gasteiger partial charge on any atom is 0.221 e. The maximum absolute atomic E-state index is 11.9. The number of benzene rings is 1. The summed E-state index contributed by atoms with van der Waals surface area (Å²) >= 11 is 1.42. The zero-order valence-electron chi connectivity index (χ0n) is 16.3. The number of aryl methyl sites for hydroxylation is 1. The molecule has 0 aliphatic heterocycles. The van der Waals surface area contributed by atoms with Crippen molar-refractivity contribution in [2.45, 2.75) is 47.0 Å². The van der Waals surface area contributed by atoms with E-state index in [4.69, 9.17) is 4.98 Å². The third-order valence-corrected chi connectivity index (χ3v) is 4.79. The van der Waals surface area contributed by atoms with E-state index < -0.39 is 0 Å². The molecule has 2 aromatic rings. The summed E-state index contributed by atoms with van der Waals surface area (Å²) < 4.78 is 4.53. The Morgan fingerprint density at radius 1 is 1.27 bits per heavy atom. The highest BCUT2D eigenvalue weighted by Gasteiger charge is 2.15. The highest BCUT2D eigenvalue weighted by atomic mass is 32.1. The van der Waals surface area contributed by atoms with Gasteiger partial charge < -0.3 is 10.2 Å². The van der Waals surface area contributed by atoms with Gasteiger partial charge in [0.15, 0.2) is 0 Å². The quantitative estimate of drug-likeness (QED) is 0.687. The molecule has 0 bridgehead atoms. The number of anilines is 1. The summed E-state index contributed by atoms with van der Waals surface area (Å²) in [5.41, 5.74) is 2.47. The standard InChI is InChI=1S/C20H30N4OS/c1-5-11-21-19(25)10-12-24(14-15(2)3)20-22-18(23-26-20)13-17-8-6-16(4)7-9-17/h6-9,15H,5,10-14H2,1-4H3,(H,21,25). The van der Waals surface area contributed by atoms with Gasteiger partial charge >= 0.3 is 0 Å². The van der Waals surface area contributed by atoms with E-state index in [2.05, 4.69) is 66.6 Å². The highest BCUT2D eigenvalue weighted by Crippen LogP contribution is 2.20. The van der Waals surface area contributed by atoms with Crippen molar-refractivity contribution in [3.63, 3.8) is 0 Å². The Hall–Kier alpha value is -1.95. The Balaban J connectivity index is 1.99. The molecule has 0 fully saturated rings. The second kappa shape index (κ2) is 10.3. The topological polar surface area (TPSA) is 58.1 Å². The molecule has 6 heteroatoms. The molecule has 0 spiro atoms. The third kappa shape index (κ3) is 6.75. The van der Waals surface area contributed by atoms with Gasteiger partial charge in [-0.2, -0.15) is 4.37 Å². The number of hydrogen-bond donors (Lipinski definition) is 1. The number of nitrogens with one attached hydrogen (secondary N) is 1. The van der Waals surface area contributed by atoms with Crippen LogP contribution in [0.4, 0.5) is 5.13 Å². The molecule has 1 heterocycles. The minimum Gasteiger partial charge on any atom is -0.356 e. The smallest absolute Gasteiger partial charge is 0.221 e. The molecule has 142 valence electrons. The molecule has 1 aromatic heterocycles. The Kier molecular flexibility index (Phi) is 8.04. The van der Waals surface area contributed by atoms with Crippen LogP contribution >= 0.6 is 11.5 Å². The van der Waals surface area contributed by atoms with Gasteiger partial charge in [-0.25, -0.2) is 4.98 Å². The van der Waals surface area contributed by atoms with Gasteiger partial charge in [-0.1, -0.05) is 50.6 Å². The van der Waals surface area contributed by atoms with E-state index in [1.54, 1.807) is 0 Å². The average molecular weight is 375 g/mol. The fourth-order valence-corrected chi connectivity index (χ4v) is 3.35. The zero-order valence-corrected chi connectivity index (χ0v) is 17.1. The van der Waals surface area contributed by atoms with Gasteiger partial charge in [0, 0.05) is 44.0 Å². The number of hydrogen-bond acceptors (Lipinski definition) is 5. The first-order chi connectivity index (χ1) is 12.5. The lowest BCUT2D eigenvalue weighted by molar-refractivity contribution is -0.120. The van der Waals surface area contributed by atoms with Crippen molar-refractivity contribution in [1.29, 1.82) is 0 Å². The molecule has 26 heavy (non-hydrogen) atoms. The summed E-state index contributed by atoms with van der Waals surface area (Å²) in [4.78, 5) is 18.8. The van der Waals surface area contributed by atoms with Crippen molar-refractivity contribution in [1.82, 2.24) is 14.7 Å². The number of carbonyl (C=O) groups excluding carboxylic acids is 1. The van der Waals surface area contributed by atoms with Crippen molar-refractivity contribution in [3.05, 3.63) is 41.2 Å². The molecule has 1 amide bonds. The van der Waals surface area contributed by atoms with Crippen LogP contribution in [-0.4, -0.2) is 34.9 Å². The normalized spacial score (nSPS) is 11.0. The van der Waals surface area contributed by atoms with Gasteiger partial charge in [0.05, 0.1) is 0 Å². The largest absolute Gasteiger partial charge is 0.356 e. The van der Waals surface area contributed by atoms with Crippen LogP contribution in [0.1, 0.15) is 50.6 Å². The average Bonchev–Trinajstić information content (AvgIpc) is 3.07. The summed E-state index contributed by atoms with van der Waals surface area (Å²) in [5.74, 6) is 1.45. The van der Waals surface area contributed by atoms with Gasteiger partial charge in [-0.15, -0.1) is 0 Å². The van der Waals surface area contributed by atoms with Crippen molar-refractivity contribution < 1.29 is 4.79 Å². The highest BCUT2D eigenvalue weighted by molar-refractivity contribution is 7.09. The second-order valence-electron chi connectivity index (χ2n) is 7.10. The lowest BCUT2D eigenvalue weighted by Gasteiger charge is -2.23. The van der Waals surface area contributed by atoms with Crippen LogP contribution in [0, 0.1) is 12.8 Å². The van der Waals surface area contributed by atoms with Crippen LogP contribution in [0.2, 0.25) is 0 Å². The van der Waals surface area contributed by atoms with Gasteiger partial charge in [-0.3, -0.25) is 4.79 Å². The molecule has 1 N–H and O–H groups in total. The molecule has 1 aromatic carbocycles. The predicted octanol–water partition coefficient (Wildman–Crippen LogP) is 3.82. The first-order valence-corrected chi connectivity index (χ1v) is 10.1. The summed E-state index contributed by atoms with van der Waals surface area (Å²) in [5, 5.41) is 3.84. The molecule has 0 aliphatic carbocycles. The predicted molar refractivity (Wildman–Crippen MR) is 109 cm³/mol. The number of amides is 1. The lowest BCUT2D eigenvalue weighted by atomic mass is 10.1. The van der Waals surface area contributed by atoms with Gasteiger partial charge in [0.2, 0.25) is 11.0 Å². The molecular formula is C20H30N4OS. The molecule has 2 rings (SSSR count). The third-order valence-electron chi connectivity index (χ3n) is 3.98. The second-order valence-corrected chi connectivity index (χ2v) is 7.83. The minimum atomic E-state index is 0.102. The Morgan fingerprint density at radius 3 is 2.65 bits per heavy atom. The summed E-state index contributed by atoms with van der Waals surface area (Å²) in [6.07, 6.45) is 2.18. The molecule has 0 radical (unpaired) electrons. The lowest BCUT2D eigenvalue weighted by Crippen LogP contribution is -2.33. The molecule has 0 saturated carbocycles. The van der Waals surface area contributed by atoms with E-state index in [0.717, 1.165) is 36.9 Å². The first-order valence-electron chi connectivity index (χ1n) is 9.37. The van der Waals surface area contributed by atoms with Gasteiger partial charge in [0.25, 0.3) is 0 Å². The number of aromatic nitrogens is 2. The SMILES string of the molecule is CCCNC(=O)CCN(CC(C)C)c1nc(Cc2ccc(C)cc2)ns1. The molecule has 0 unspecified atom stereocenters. The van der Waals surface area contributed by atoms with Crippen molar-refractivity contribution in [2.24, 2.45) is 5.92 Å². The Bertz CT molecular complexity index is 681. The van der Waals surface area contributed by atoms with Crippen LogP contribution in [0.15, 0.2) is 24.3 Å². The number of carbonyl (C=O) groups is 1. The monoisotopic (exact) mass is 374 g/mol. The van der Waals surface area contributed by atoms with E-state index in [1.807, 2.05) is 0 Å². The summed E-state index contributed by atoms with van der Waals surface area (Å²) in [7, 11) is 0. The van der Waals surface area contributed by atoms with Crippen molar-refractivity contribution in [2.75, 3.05) is 24.5 Å². The van der Waals surface area contributed by atoms with Crippen LogP contribution < -0.4 is 10.2 Å². The number of nitrogens with zero attached hydrogens (tertiary/aromatic N) is 3. The number of rotatable bonds is 10. The van der Waals surface area contributed by atoms with Crippen molar-refractivity contribution >= 4 is 22.6 Å². The van der Waals surface area contributed by atoms with Gasteiger partial charge in [0.1, 0.15) is 5.82 Å². The summed E-state index contributed by atoms with van der Waals surface area (Å²) in [6.45, 7) is 10.8. The van der Waals surface area contributed by atoms with E-state index in [9.17, 15) is 4.79 Å². The molecular weight excluding hydrogens is 344 g/mol. The van der Waals surface area contributed by atoms with E-state index in [0.29, 0.717) is 18.9 Å². The zero-order chi connectivity index (χ0) is 18.9. The minimum absolute atomic E-state index is 0.102. The molecule has 0 aliphatic rings. The molecule has 0 saturated heterocycles. The van der Waals surface area contributed by atoms with Crippen LogP contribution in [0.5, 0.6) is 0 Å².